The van der Waals surface area contributed by atoms with Gasteiger partial charge in [0.1, 0.15) is 0 Å². The third kappa shape index (κ3) is 2.37. The summed E-state index contributed by atoms with van der Waals surface area (Å²) in [6.45, 7) is 0. The fourth-order valence-electron chi connectivity index (χ4n) is 0.819. The number of nitrogens with two attached hydrogens (primary N) is 1. The minimum atomic E-state index is -4.42. The second kappa shape index (κ2) is 3.49. The van der Waals surface area contributed by atoms with E-state index in [4.69, 9.17) is 5.73 Å². The highest BCUT2D eigenvalue weighted by atomic mass is 79.9. The van der Waals surface area contributed by atoms with E-state index < -0.39 is 11.7 Å². The highest BCUT2D eigenvalue weighted by molar-refractivity contribution is 9.11. The number of alkyl halides is 3. The SMILES string of the molecule is Nc1c(Br)cc(Br)cc1C(F)(F)F. The molecule has 1 aromatic carbocycles. The highest BCUT2D eigenvalue weighted by Gasteiger charge is 2.33. The van der Waals surface area contributed by atoms with Crippen LogP contribution in [0.5, 0.6) is 0 Å². The van der Waals surface area contributed by atoms with Crippen LogP contribution in [-0.4, -0.2) is 0 Å². The standard InChI is InChI=1S/C7H4Br2F3N/c8-3-1-4(7(10,11)12)6(13)5(9)2-3/h1-2H,13H2. The molecule has 2 N–H and O–H groups in total. The largest absolute Gasteiger partial charge is 0.418 e. The Morgan fingerprint density at radius 2 is 1.69 bits per heavy atom. The van der Waals surface area contributed by atoms with Gasteiger partial charge >= 0.3 is 6.18 Å². The van der Waals surface area contributed by atoms with Crippen molar-refractivity contribution in [2.45, 2.75) is 6.18 Å². The molecule has 0 spiro atoms. The molecule has 0 atom stereocenters. The van der Waals surface area contributed by atoms with Crippen LogP contribution in [0, 0.1) is 0 Å². The minimum absolute atomic E-state index is 0.231. The Morgan fingerprint density at radius 1 is 1.15 bits per heavy atom. The summed E-state index contributed by atoms with van der Waals surface area (Å²) in [5.41, 5.74) is 4.12. The summed E-state index contributed by atoms with van der Waals surface area (Å²) in [6, 6.07) is 2.41. The zero-order valence-electron chi connectivity index (χ0n) is 6.12. The third-order valence-electron chi connectivity index (χ3n) is 1.40. The number of halogens is 5. The maximum absolute atomic E-state index is 12.3. The number of nitrogen functional groups attached to an aromatic ring is 1. The first-order valence-corrected chi connectivity index (χ1v) is 4.72. The predicted molar refractivity (Wildman–Crippen MR) is 51.3 cm³/mol. The van der Waals surface area contributed by atoms with Crippen LogP contribution in [0.15, 0.2) is 21.1 Å². The fourth-order valence-corrected chi connectivity index (χ4v) is 2.04. The minimum Gasteiger partial charge on any atom is -0.397 e. The summed E-state index contributed by atoms with van der Waals surface area (Å²) in [4.78, 5) is 0. The monoisotopic (exact) mass is 317 g/mol. The number of rotatable bonds is 0. The van der Waals surface area contributed by atoms with Crippen molar-refractivity contribution in [3.8, 4) is 0 Å². The van der Waals surface area contributed by atoms with Crippen LogP contribution in [0.3, 0.4) is 0 Å². The van der Waals surface area contributed by atoms with E-state index in [1.165, 1.54) is 6.07 Å². The molecule has 1 aromatic rings. The molecule has 0 bridgehead atoms. The van der Waals surface area contributed by atoms with Gasteiger partial charge in [0.15, 0.2) is 0 Å². The second-order valence-electron chi connectivity index (χ2n) is 2.35. The molecule has 0 saturated carbocycles. The van der Waals surface area contributed by atoms with E-state index in [-0.39, 0.29) is 10.2 Å². The van der Waals surface area contributed by atoms with Crippen LogP contribution in [0.25, 0.3) is 0 Å². The number of hydrogen-bond acceptors (Lipinski definition) is 1. The van der Waals surface area contributed by atoms with Gasteiger partial charge in [0.25, 0.3) is 0 Å². The van der Waals surface area contributed by atoms with Crippen molar-refractivity contribution in [3.05, 3.63) is 26.6 Å². The number of hydrogen-bond donors (Lipinski definition) is 1. The molecule has 0 radical (unpaired) electrons. The molecule has 0 aliphatic heterocycles. The van der Waals surface area contributed by atoms with Gasteiger partial charge in [-0.2, -0.15) is 13.2 Å². The van der Waals surface area contributed by atoms with Crippen LogP contribution < -0.4 is 5.73 Å². The first-order chi connectivity index (χ1) is 5.82. The van der Waals surface area contributed by atoms with E-state index in [1.807, 2.05) is 0 Å². The molecule has 0 heterocycles. The second-order valence-corrected chi connectivity index (χ2v) is 4.12. The maximum atomic E-state index is 12.3. The average Bonchev–Trinajstić information content (AvgIpc) is 1.94. The maximum Gasteiger partial charge on any atom is 0.418 e. The van der Waals surface area contributed by atoms with Gasteiger partial charge in [0.2, 0.25) is 0 Å². The highest BCUT2D eigenvalue weighted by Crippen LogP contribution is 2.38. The van der Waals surface area contributed by atoms with Crippen LogP contribution in [-0.2, 0) is 6.18 Å². The topological polar surface area (TPSA) is 26.0 Å². The quantitative estimate of drug-likeness (QED) is 0.723. The Bertz CT molecular complexity index is 335. The Labute approximate surface area is 89.4 Å². The van der Waals surface area contributed by atoms with Crippen molar-refractivity contribution in [2.24, 2.45) is 0 Å². The zero-order chi connectivity index (χ0) is 10.2. The average molecular weight is 319 g/mol. The Hall–Kier alpha value is -0.230. The molecule has 0 saturated heterocycles. The van der Waals surface area contributed by atoms with Crippen molar-refractivity contribution in [2.75, 3.05) is 5.73 Å². The van der Waals surface area contributed by atoms with Gasteiger partial charge in [-0.25, -0.2) is 0 Å². The van der Waals surface area contributed by atoms with Gasteiger partial charge in [0, 0.05) is 8.95 Å². The van der Waals surface area contributed by atoms with Gasteiger partial charge < -0.3 is 5.73 Å². The lowest BCUT2D eigenvalue weighted by Crippen LogP contribution is -2.09. The van der Waals surface area contributed by atoms with Crippen molar-refractivity contribution in [1.29, 1.82) is 0 Å². The molecular formula is C7H4Br2F3N. The van der Waals surface area contributed by atoms with Gasteiger partial charge in [-0.15, -0.1) is 0 Å². The molecular weight excluding hydrogens is 315 g/mol. The van der Waals surface area contributed by atoms with Gasteiger partial charge in [-0.1, -0.05) is 15.9 Å². The van der Waals surface area contributed by atoms with Gasteiger partial charge in [-0.05, 0) is 28.1 Å². The van der Waals surface area contributed by atoms with Gasteiger partial charge in [0.05, 0.1) is 11.3 Å². The van der Waals surface area contributed by atoms with E-state index in [9.17, 15) is 13.2 Å². The van der Waals surface area contributed by atoms with E-state index in [1.54, 1.807) is 0 Å². The lowest BCUT2D eigenvalue weighted by Gasteiger charge is -2.11. The molecule has 0 aliphatic rings. The number of anilines is 1. The molecule has 6 heteroatoms. The molecule has 0 amide bonds. The lowest BCUT2D eigenvalue weighted by atomic mass is 10.2. The molecule has 13 heavy (non-hydrogen) atoms. The Kier molecular flexibility index (Phi) is 2.91. The first kappa shape index (κ1) is 10.8. The lowest BCUT2D eigenvalue weighted by molar-refractivity contribution is -0.137. The fraction of sp³-hybridized carbons (Fsp3) is 0.143. The van der Waals surface area contributed by atoms with E-state index in [0.717, 1.165) is 6.07 Å². The van der Waals surface area contributed by atoms with E-state index >= 15 is 0 Å². The zero-order valence-corrected chi connectivity index (χ0v) is 9.29. The van der Waals surface area contributed by atoms with Crippen LogP contribution in [0.1, 0.15) is 5.56 Å². The van der Waals surface area contributed by atoms with E-state index in [0.29, 0.717) is 4.47 Å². The summed E-state index contributed by atoms with van der Waals surface area (Å²) in [5.74, 6) is 0. The summed E-state index contributed by atoms with van der Waals surface area (Å²) >= 11 is 5.89. The molecule has 1 nitrogen and oxygen atoms in total. The molecule has 0 aromatic heterocycles. The molecule has 0 fully saturated rings. The summed E-state index contributed by atoms with van der Waals surface area (Å²) in [5, 5.41) is 0. The smallest absolute Gasteiger partial charge is 0.397 e. The van der Waals surface area contributed by atoms with E-state index in [2.05, 4.69) is 31.9 Å². The normalized spacial score (nSPS) is 11.8. The number of benzene rings is 1. The van der Waals surface area contributed by atoms with Crippen molar-refractivity contribution >= 4 is 37.5 Å². The Morgan fingerprint density at radius 3 is 2.15 bits per heavy atom. The Balaban J connectivity index is 3.37. The van der Waals surface area contributed by atoms with Crippen molar-refractivity contribution in [3.63, 3.8) is 0 Å². The van der Waals surface area contributed by atoms with Gasteiger partial charge in [-0.3, -0.25) is 0 Å². The molecule has 1 rings (SSSR count). The summed E-state index contributed by atoms with van der Waals surface area (Å²) in [7, 11) is 0. The predicted octanol–water partition coefficient (Wildman–Crippen LogP) is 3.81. The van der Waals surface area contributed by atoms with Crippen LogP contribution in [0.4, 0.5) is 18.9 Å². The van der Waals surface area contributed by atoms with Crippen molar-refractivity contribution < 1.29 is 13.2 Å². The van der Waals surface area contributed by atoms with Crippen LogP contribution in [0.2, 0.25) is 0 Å². The summed E-state index contributed by atoms with van der Waals surface area (Å²) in [6.07, 6.45) is -4.42. The van der Waals surface area contributed by atoms with Crippen molar-refractivity contribution in [1.82, 2.24) is 0 Å². The van der Waals surface area contributed by atoms with Crippen LogP contribution >= 0.6 is 31.9 Å². The first-order valence-electron chi connectivity index (χ1n) is 3.14. The third-order valence-corrected chi connectivity index (χ3v) is 2.51. The molecule has 0 unspecified atom stereocenters. The molecule has 0 aliphatic carbocycles. The molecule has 72 valence electrons. The summed E-state index contributed by atoms with van der Waals surface area (Å²) < 4.78 is 37.4.